The first-order valence-electron chi connectivity index (χ1n) is 6.43. The lowest BCUT2D eigenvalue weighted by Crippen LogP contribution is -2.34. The van der Waals surface area contributed by atoms with Crippen LogP contribution >= 0.6 is 0 Å². The van der Waals surface area contributed by atoms with Crippen LogP contribution in [0.4, 0.5) is 5.82 Å². The van der Waals surface area contributed by atoms with E-state index in [9.17, 15) is 0 Å². The van der Waals surface area contributed by atoms with Gasteiger partial charge in [-0.1, -0.05) is 13.8 Å². The average molecular weight is 262 g/mol. The van der Waals surface area contributed by atoms with Crippen molar-refractivity contribution in [2.24, 2.45) is 5.41 Å². The number of nitrogens with one attached hydrogen (secondary N) is 1. The van der Waals surface area contributed by atoms with Gasteiger partial charge in [0.05, 0.1) is 0 Å². The second-order valence-corrected chi connectivity index (χ2v) is 6.01. The Bertz CT molecular complexity index is 557. The molecule has 0 saturated carbocycles. The van der Waals surface area contributed by atoms with Crippen molar-refractivity contribution in [2.45, 2.75) is 20.8 Å². The van der Waals surface area contributed by atoms with Gasteiger partial charge in [0.25, 0.3) is 5.78 Å². The molecule has 2 rings (SSSR count). The average Bonchev–Trinajstić information content (AvgIpc) is 2.71. The van der Waals surface area contributed by atoms with Crippen LogP contribution in [0.3, 0.4) is 0 Å². The molecule has 104 valence electrons. The highest BCUT2D eigenvalue weighted by Crippen LogP contribution is 2.18. The fourth-order valence-corrected chi connectivity index (χ4v) is 2.30. The number of hydrogen-bond acceptors (Lipinski definition) is 5. The van der Waals surface area contributed by atoms with Crippen LogP contribution in [0.1, 0.15) is 19.5 Å². The van der Waals surface area contributed by atoms with Crippen molar-refractivity contribution < 1.29 is 0 Å². The molecule has 0 saturated heterocycles. The number of hydrogen-bond donors (Lipinski definition) is 1. The van der Waals surface area contributed by atoms with Crippen molar-refractivity contribution in [1.82, 2.24) is 24.5 Å². The van der Waals surface area contributed by atoms with Crippen LogP contribution in [0, 0.1) is 12.3 Å². The third-order valence-corrected chi connectivity index (χ3v) is 2.87. The molecule has 0 atom stereocenters. The molecular formula is C13H22N6. The molecule has 2 heterocycles. The summed E-state index contributed by atoms with van der Waals surface area (Å²) in [6.07, 6.45) is 1.53. The fraction of sp³-hybridized carbons (Fsp3) is 0.615. The van der Waals surface area contributed by atoms with Crippen LogP contribution in [-0.2, 0) is 0 Å². The third-order valence-electron chi connectivity index (χ3n) is 2.87. The minimum atomic E-state index is 0.174. The quantitative estimate of drug-likeness (QED) is 0.883. The minimum absolute atomic E-state index is 0.174. The zero-order valence-corrected chi connectivity index (χ0v) is 12.3. The Labute approximate surface area is 113 Å². The van der Waals surface area contributed by atoms with Crippen molar-refractivity contribution in [2.75, 3.05) is 32.5 Å². The predicted octanol–water partition coefficient (Wildman–Crippen LogP) is 1.43. The molecule has 6 nitrogen and oxygen atoms in total. The largest absolute Gasteiger partial charge is 0.369 e. The van der Waals surface area contributed by atoms with Gasteiger partial charge >= 0.3 is 0 Å². The number of aromatic nitrogens is 4. The number of nitrogens with zero attached hydrogens (tertiary/aromatic N) is 5. The molecule has 1 N–H and O–H groups in total. The monoisotopic (exact) mass is 262 g/mol. The fourth-order valence-electron chi connectivity index (χ4n) is 2.30. The van der Waals surface area contributed by atoms with Crippen molar-refractivity contribution in [1.29, 1.82) is 0 Å². The van der Waals surface area contributed by atoms with Crippen molar-refractivity contribution in [3.05, 3.63) is 18.1 Å². The second kappa shape index (κ2) is 5.13. The van der Waals surface area contributed by atoms with E-state index in [1.165, 1.54) is 6.33 Å². The predicted molar refractivity (Wildman–Crippen MR) is 76.3 cm³/mol. The molecule has 0 aliphatic rings. The number of aryl methyl sites for hydroxylation is 1. The SMILES string of the molecule is Cc1cc(NCC(C)(C)CN(C)C)n2ncnc2n1. The van der Waals surface area contributed by atoms with E-state index in [2.05, 4.69) is 53.2 Å². The number of fused-ring (bicyclic) bond motifs is 1. The van der Waals surface area contributed by atoms with Crippen molar-refractivity contribution in [3.63, 3.8) is 0 Å². The molecule has 6 heteroatoms. The van der Waals surface area contributed by atoms with Gasteiger partial charge in [-0.05, 0) is 26.4 Å². The van der Waals surface area contributed by atoms with Crippen LogP contribution in [0.5, 0.6) is 0 Å². The number of anilines is 1. The standard InChI is InChI=1S/C13H22N6/c1-10-6-11(19-12(17-10)15-9-16-19)14-7-13(2,3)8-18(4)5/h6,9,14H,7-8H2,1-5H3. The Balaban J connectivity index is 2.15. The highest BCUT2D eigenvalue weighted by atomic mass is 15.4. The second-order valence-electron chi connectivity index (χ2n) is 6.01. The molecule has 2 aromatic rings. The van der Waals surface area contributed by atoms with E-state index in [1.54, 1.807) is 4.52 Å². The van der Waals surface area contributed by atoms with E-state index in [0.717, 1.165) is 24.6 Å². The zero-order chi connectivity index (χ0) is 14.0. The lowest BCUT2D eigenvalue weighted by Gasteiger charge is -2.28. The molecule has 0 radical (unpaired) electrons. The first-order valence-corrected chi connectivity index (χ1v) is 6.43. The van der Waals surface area contributed by atoms with E-state index in [-0.39, 0.29) is 5.41 Å². The van der Waals surface area contributed by atoms with Gasteiger partial charge < -0.3 is 10.2 Å². The van der Waals surface area contributed by atoms with Crippen LogP contribution < -0.4 is 5.32 Å². The summed E-state index contributed by atoms with van der Waals surface area (Å²) < 4.78 is 1.73. The van der Waals surface area contributed by atoms with Gasteiger partial charge in [0.15, 0.2) is 0 Å². The Morgan fingerprint density at radius 2 is 2.11 bits per heavy atom. The Morgan fingerprint density at radius 3 is 2.79 bits per heavy atom. The molecule has 0 unspecified atom stereocenters. The Morgan fingerprint density at radius 1 is 1.37 bits per heavy atom. The van der Waals surface area contributed by atoms with Crippen molar-refractivity contribution >= 4 is 11.6 Å². The highest BCUT2D eigenvalue weighted by molar-refractivity contribution is 5.44. The third kappa shape index (κ3) is 3.41. The molecule has 0 aromatic carbocycles. The van der Waals surface area contributed by atoms with Gasteiger partial charge in [0.2, 0.25) is 0 Å². The first kappa shape index (κ1) is 13.7. The normalized spacial score (nSPS) is 12.3. The molecule has 19 heavy (non-hydrogen) atoms. The van der Waals surface area contributed by atoms with Crippen molar-refractivity contribution in [3.8, 4) is 0 Å². The zero-order valence-electron chi connectivity index (χ0n) is 12.3. The number of rotatable bonds is 5. The van der Waals surface area contributed by atoms with Crippen LogP contribution in [0.2, 0.25) is 0 Å². The van der Waals surface area contributed by atoms with E-state index < -0.39 is 0 Å². The Kier molecular flexibility index (Phi) is 3.71. The van der Waals surface area contributed by atoms with Gasteiger partial charge in [-0.25, -0.2) is 4.98 Å². The molecule has 0 aliphatic carbocycles. The van der Waals surface area contributed by atoms with E-state index >= 15 is 0 Å². The lowest BCUT2D eigenvalue weighted by atomic mass is 9.93. The van der Waals surface area contributed by atoms with Crippen LogP contribution in [0.25, 0.3) is 5.78 Å². The van der Waals surface area contributed by atoms with Crippen LogP contribution in [0.15, 0.2) is 12.4 Å². The molecule has 2 aromatic heterocycles. The Hall–Kier alpha value is -1.69. The molecule has 0 aliphatic heterocycles. The summed E-state index contributed by atoms with van der Waals surface area (Å²) in [7, 11) is 4.18. The van der Waals surface area contributed by atoms with E-state index in [0.29, 0.717) is 5.78 Å². The summed E-state index contributed by atoms with van der Waals surface area (Å²) in [6, 6.07) is 1.99. The summed E-state index contributed by atoms with van der Waals surface area (Å²) in [6.45, 7) is 8.33. The molecule has 0 amide bonds. The van der Waals surface area contributed by atoms with Crippen LogP contribution in [-0.4, -0.2) is 51.7 Å². The van der Waals surface area contributed by atoms with Gasteiger partial charge in [-0.2, -0.15) is 14.6 Å². The van der Waals surface area contributed by atoms with Gasteiger partial charge in [0, 0.05) is 24.8 Å². The summed E-state index contributed by atoms with van der Waals surface area (Å²) in [5.41, 5.74) is 1.11. The minimum Gasteiger partial charge on any atom is -0.369 e. The molecule has 0 bridgehead atoms. The first-order chi connectivity index (χ1) is 8.87. The maximum atomic E-state index is 4.33. The molecule has 0 fully saturated rings. The summed E-state index contributed by atoms with van der Waals surface area (Å²) in [5, 5.41) is 7.65. The lowest BCUT2D eigenvalue weighted by molar-refractivity contribution is 0.254. The smallest absolute Gasteiger partial charge is 0.254 e. The maximum absolute atomic E-state index is 4.33. The topological polar surface area (TPSA) is 58.4 Å². The summed E-state index contributed by atoms with van der Waals surface area (Å²) in [5.74, 6) is 1.57. The van der Waals surface area contributed by atoms with Gasteiger partial charge in [-0.15, -0.1) is 0 Å². The van der Waals surface area contributed by atoms with Gasteiger partial charge in [0.1, 0.15) is 12.1 Å². The summed E-state index contributed by atoms with van der Waals surface area (Å²) in [4.78, 5) is 10.7. The summed E-state index contributed by atoms with van der Waals surface area (Å²) >= 11 is 0. The maximum Gasteiger partial charge on any atom is 0.254 e. The molecular weight excluding hydrogens is 240 g/mol. The van der Waals surface area contributed by atoms with E-state index in [1.807, 2.05) is 13.0 Å². The van der Waals surface area contributed by atoms with E-state index in [4.69, 9.17) is 0 Å². The molecule has 0 spiro atoms. The van der Waals surface area contributed by atoms with Gasteiger partial charge in [-0.3, -0.25) is 0 Å². The highest BCUT2D eigenvalue weighted by Gasteiger charge is 2.19.